The molecule has 518 valence electrons. The van der Waals surface area contributed by atoms with Crippen LogP contribution in [0.5, 0.6) is 0 Å². The summed E-state index contributed by atoms with van der Waals surface area (Å²) in [5, 5.41) is 62.0. The molecule has 4 aliphatic carbocycles. The third-order valence-corrected chi connectivity index (χ3v) is 21.7. The van der Waals surface area contributed by atoms with Crippen molar-refractivity contribution >= 4 is 30.1 Å². The molecule has 10 rings (SSSR count). The molecule has 7 fully saturated rings. The van der Waals surface area contributed by atoms with Crippen molar-refractivity contribution in [2.45, 2.75) is 281 Å². The first-order valence-electron chi connectivity index (χ1n) is 33.1. The van der Waals surface area contributed by atoms with Gasteiger partial charge in [-0.25, -0.2) is 9.59 Å². The van der Waals surface area contributed by atoms with Crippen LogP contribution < -0.4 is 34.9 Å². The monoisotopic (exact) mass is 1340 g/mol. The maximum absolute atomic E-state index is 15.6. The molecular formula is C67H96N2NaO24+. The quantitative estimate of drug-likeness (QED) is 0.0243. The summed E-state index contributed by atoms with van der Waals surface area (Å²) in [6, 6.07) is -1.12. The number of carbonyl (C=O) groups excluding carboxylic acids is 5. The smallest absolute Gasteiger partial charge is 0.511 e. The molecule has 1 spiro atoms. The number of aldehydes is 1. The number of ether oxygens (including phenoxy) is 13. The topological polar surface area (TPSA) is 341 Å². The Bertz CT molecular complexity index is 2960. The van der Waals surface area contributed by atoms with Gasteiger partial charge in [0.25, 0.3) is 0 Å². The van der Waals surface area contributed by atoms with E-state index in [0.29, 0.717) is 49.5 Å². The molecule has 94 heavy (non-hydrogen) atoms. The van der Waals surface area contributed by atoms with E-state index in [1.165, 1.54) is 19.9 Å². The number of rotatable bonds is 14. The van der Waals surface area contributed by atoms with Crippen molar-refractivity contribution in [1.29, 1.82) is 0 Å². The zero-order valence-corrected chi connectivity index (χ0v) is 58.4. The van der Waals surface area contributed by atoms with Gasteiger partial charge in [0.05, 0.1) is 86.6 Å². The van der Waals surface area contributed by atoms with Gasteiger partial charge in [-0.3, -0.25) is 24.5 Å². The summed E-state index contributed by atoms with van der Waals surface area (Å²) >= 11 is 0. The predicted molar refractivity (Wildman–Crippen MR) is 325 cm³/mol. The fourth-order valence-corrected chi connectivity index (χ4v) is 16.9. The summed E-state index contributed by atoms with van der Waals surface area (Å²) in [6.45, 7) is 21.0. The van der Waals surface area contributed by atoms with E-state index < -0.39 is 210 Å². The van der Waals surface area contributed by atoms with E-state index in [2.05, 4.69) is 25.2 Å². The molecule has 26 nitrogen and oxygen atoms in total. The minimum atomic E-state index is -2.20. The van der Waals surface area contributed by atoms with E-state index in [4.69, 9.17) is 61.6 Å². The number of ketones is 1. The first-order chi connectivity index (χ1) is 43.9. The van der Waals surface area contributed by atoms with Crippen LogP contribution in [0.4, 0.5) is 4.79 Å². The van der Waals surface area contributed by atoms with Crippen LogP contribution in [0.15, 0.2) is 58.4 Å². The van der Waals surface area contributed by atoms with Gasteiger partial charge in [-0.1, -0.05) is 50.6 Å². The number of amides is 1. The minimum Gasteiger partial charge on any atom is -0.511 e. The number of aliphatic hydroxyl groups excluding tert-OH is 4. The van der Waals surface area contributed by atoms with E-state index in [-0.39, 0.29) is 72.6 Å². The fourth-order valence-electron chi connectivity index (χ4n) is 16.9. The molecule has 6 aliphatic heterocycles. The first kappa shape index (κ1) is 74.2. The standard InChI is InChI=1S/C67H96N2O24.Na/c1-30-14-18-47(88-54-28-65(11,69(79)80)60(38(9)86-54)68-64(78)81-13)31(2)23-43-45(73)24-40(29-70)27-67(43)62(76)55(63(77)93-67)61(75)66(12)42(30)16-15-41-56(66)32(3)22-33(4)57(41)92-53-26-49(59(37(8)85-53)87-39(10)71)90-50-21-19-48(35(6)83-50)89-52-25-46(74)58(36(7)84-52)91-51-20-17-44(72)34(5)82-51;/h14-16,23-24,29,32-38,41-54,56-60,72-75H,17-22,25-28H2,1-13H3,(H,68,78);/q;+1/b30-14+,31-23+,61-55+;/t32-,33-,34?,35?,36?,37?,38?,41-,42-,43+,44?,45-,46?,47-,48?,49?,50?,51?,52?,53?,54?,56+,57-,58?,59?,60?,65?,66+,67-;/m0./s1. The zero-order valence-electron chi connectivity index (χ0n) is 56.4. The number of methoxy groups -OCH3 is 1. The van der Waals surface area contributed by atoms with Gasteiger partial charge in [-0.15, -0.1) is 0 Å². The Kier molecular flexibility index (Phi) is 23.5. The van der Waals surface area contributed by atoms with Gasteiger partial charge >= 0.3 is 47.6 Å². The number of carbonyl (C=O) groups is 5. The van der Waals surface area contributed by atoms with E-state index in [1.54, 1.807) is 33.8 Å². The summed E-state index contributed by atoms with van der Waals surface area (Å²) in [4.78, 5) is 80.4. The number of hydrogen-bond acceptors (Lipinski definition) is 24. The van der Waals surface area contributed by atoms with Crippen LogP contribution in [-0.2, 0) is 80.8 Å². The molecule has 1 amide bonds. The Balaban J connectivity index is 0.0000104. The number of nitrogens with zero attached hydrogens (tertiary/aromatic N) is 1. The Hall–Kier alpha value is -4.07. The van der Waals surface area contributed by atoms with Crippen molar-refractivity contribution in [2.75, 3.05) is 7.11 Å². The molecule has 10 aliphatic rings. The second-order valence-electron chi connectivity index (χ2n) is 28.2. The maximum Gasteiger partial charge on any atom is 1.00 e. The molecule has 1 saturated carbocycles. The minimum absolute atomic E-state index is 0. The summed E-state index contributed by atoms with van der Waals surface area (Å²) in [7, 11) is 1.15. The summed E-state index contributed by atoms with van der Waals surface area (Å²) in [5.41, 5.74) is -4.91. The van der Waals surface area contributed by atoms with Gasteiger partial charge in [-0.05, 0) is 109 Å². The Morgan fingerprint density at radius 3 is 2.00 bits per heavy atom. The zero-order chi connectivity index (χ0) is 67.5. The van der Waals surface area contributed by atoms with Gasteiger partial charge in [0.15, 0.2) is 43.2 Å². The molecule has 0 radical (unpaired) electrons. The van der Waals surface area contributed by atoms with Crippen molar-refractivity contribution in [1.82, 2.24) is 5.32 Å². The number of fused-ring (bicyclic) bond motifs is 4. The fraction of sp³-hybridized carbons (Fsp3) is 0.776. The largest absolute Gasteiger partial charge is 1.00 e. The van der Waals surface area contributed by atoms with Crippen LogP contribution in [0.1, 0.15) is 147 Å². The van der Waals surface area contributed by atoms with Crippen LogP contribution in [0, 0.1) is 51.0 Å². The second kappa shape index (κ2) is 29.8. The third kappa shape index (κ3) is 14.7. The maximum atomic E-state index is 15.6. The van der Waals surface area contributed by atoms with Gasteiger partial charge < -0.3 is 87.3 Å². The van der Waals surface area contributed by atoms with Crippen molar-refractivity contribution in [3.63, 3.8) is 0 Å². The SMILES string of the molecule is COC(=O)NC1C(C)OC(O[C@H]2C/C=C(\C)[C@@H]3C=C[C@@H]4[C@@H](OC5CC(OC6CCC(OC7CC(O)C(OC8CCC(O)C(C)O8)C(C)O7)C(C)O6)C(OC(C)=O)C(C)O5)[C@@H](C)C[C@H](C)[C@H]4[C@]3(C)/C(O)=C3\C(=O)O[C@]4(CC(C=O)=C[C@H](O)[C@H]4/C=C/2C)C3=O)CC1(C)[N+](=O)[O-].[Na+]. The third-order valence-electron chi connectivity index (χ3n) is 21.7. The average molecular weight is 1340 g/mol. The molecule has 18 unspecified atom stereocenters. The van der Waals surface area contributed by atoms with Gasteiger partial charge in [0.1, 0.15) is 35.9 Å². The van der Waals surface area contributed by atoms with E-state index >= 15 is 4.79 Å². The second-order valence-corrected chi connectivity index (χ2v) is 28.2. The normalized spacial score (nSPS) is 47.6. The molecular weight excluding hydrogens is 1240 g/mol. The van der Waals surface area contributed by atoms with Crippen LogP contribution in [0.2, 0.25) is 0 Å². The first-order valence-corrected chi connectivity index (χ1v) is 33.1. The number of nitro groups is 1. The predicted octanol–water partition coefficient (Wildman–Crippen LogP) is 3.36. The number of esters is 2. The number of allylic oxidation sites excluding steroid dienone is 3. The molecule has 0 aromatic rings. The van der Waals surface area contributed by atoms with Gasteiger partial charge in [0, 0.05) is 68.1 Å². The van der Waals surface area contributed by atoms with E-state index in [9.17, 15) is 49.7 Å². The number of aliphatic hydroxyl groups is 4. The summed E-state index contributed by atoms with van der Waals surface area (Å²) < 4.78 is 81.5. The molecule has 0 aromatic carbocycles. The Labute approximate surface area is 570 Å². The molecule has 5 N–H and O–H groups in total. The van der Waals surface area contributed by atoms with Crippen LogP contribution in [0.25, 0.3) is 0 Å². The Morgan fingerprint density at radius 1 is 0.723 bits per heavy atom. The number of alkyl carbamates (subject to hydrolysis) is 1. The van der Waals surface area contributed by atoms with Crippen LogP contribution >= 0.6 is 0 Å². The van der Waals surface area contributed by atoms with E-state index in [1.807, 2.05) is 39.8 Å². The molecule has 2 bridgehead atoms. The Morgan fingerprint density at radius 2 is 1.35 bits per heavy atom. The molecule has 0 aromatic heterocycles. The number of hydrogen-bond donors (Lipinski definition) is 5. The van der Waals surface area contributed by atoms with Crippen molar-refractivity contribution in [2.24, 2.45) is 40.9 Å². The van der Waals surface area contributed by atoms with Crippen LogP contribution in [-0.4, -0.2) is 197 Å². The summed E-state index contributed by atoms with van der Waals surface area (Å²) in [6.07, 6.45) is -4.21. The molecule has 29 atom stereocenters. The van der Waals surface area contributed by atoms with E-state index in [0.717, 1.165) is 7.11 Å². The number of Topliss-reactive ketones (excluding diaryl/α,β-unsaturated/α-hetero) is 1. The molecule has 6 saturated heterocycles. The molecule has 6 heterocycles. The van der Waals surface area contributed by atoms with Gasteiger partial charge in [0.2, 0.25) is 11.3 Å². The summed E-state index contributed by atoms with van der Waals surface area (Å²) in [5.74, 6) is -6.46. The van der Waals surface area contributed by atoms with Crippen molar-refractivity contribution in [3.8, 4) is 0 Å². The van der Waals surface area contributed by atoms with Crippen LogP contribution in [0.3, 0.4) is 0 Å². The average Bonchev–Trinajstić information content (AvgIpc) is 1.38. The van der Waals surface area contributed by atoms with Crippen molar-refractivity contribution in [3.05, 3.63) is 68.5 Å². The van der Waals surface area contributed by atoms with Crippen molar-refractivity contribution < 1.29 is 140 Å². The number of nitrogens with one attached hydrogen (secondary N) is 1. The molecule has 27 heteroatoms. The van der Waals surface area contributed by atoms with Gasteiger partial charge in [-0.2, -0.15) is 0 Å².